The maximum absolute atomic E-state index is 9.21. The zero-order chi connectivity index (χ0) is 10.6. The van der Waals surface area contributed by atoms with E-state index < -0.39 is 0 Å². The van der Waals surface area contributed by atoms with E-state index >= 15 is 0 Å². The zero-order valence-electron chi connectivity index (χ0n) is 9.45. The molecule has 14 heavy (non-hydrogen) atoms. The molecule has 1 fully saturated rings. The molecule has 3 heteroatoms. The van der Waals surface area contributed by atoms with E-state index in [0.717, 1.165) is 32.5 Å². The van der Waals surface area contributed by atoms with Crippen LogP contribution in [0.4, 0.5) is 0 Å². The number of rotatable bonds is 4. The van der Waals surface area contributed by atoms with Gasteiger partial charge in [0.15, 0.2) is 0 Å². The van der Waals surface area contributed by atoms with Gasteiger partial charge in [-0.2, -0.15) is 0 Å². The lowest BCUT2D eigenvalue weighted by atomic mass is 9.90. The first-order chi connectivity index (χ1) is 6.63. The molecule has 3 nitrogen and oxygen atoms in total. The molecule has 0 bridgehead atoms. The number of aliphatic hydroxyl groups is 1. The monoisotopic (exact) mass is 200 g/mol. The molecule has 3 atom stereocenters. The largest absolute Gasteiger partial charge is 0.393 e. The van der Waals surface area contributed by atoms with Crippen LogP contribution in [-0.2, 0) is 0 Å². The molecule has 3 unspecified atom stereocenters. The van der Waals surface area contributed by atoms with Crippen LogP contribution in [0.3, 0.4) is 0 Å². The van der Waals surface area contributed by atoms with Gasteiger partial charge in [0, 0.05) is 19.1 Å². The van der Waals surface area contributed by atoms with Crippen molar-refractivity contribution in [2.24, 2.45) is 11.7 Å². The van der Waals surface area contributed by atoms with E-state index in [-0.39, 0.29) is 6.10 Å². The Balaban J connectivity index is 2.27. The molecule has 0 aliphatic carbocycles. The fourth-order valence-electron chi connectivity index (χ4n) is 2.13. The predicted molar refractivity (Wildman–Crippen MR) is 59.1 cm³/mol. The van der Waals surface area contributed by atoms with E-state index in [2.05, 4.69) is 11.8 Å². The summed E-state index contributed by atoms with van der Waals surface area (Å²) in [5.41, 5.74) is 6.03. The predicted octanol–water partition coefficient (Wildman–Crippen LogP) is 0.817. The Morgan fingerprint density at radius 3 is 2.86 bits per heavy atom. The lowest BCUT2D eigenvalue weighted by Crippen LogP contribution is -2.47. The summed E-state index contributed by atoms with van der Waals surface area (Å²) >= 11 is 0. The highest BCUT2D eigenvalue weighted by Gasteiger charge is 2.24. The van der Waals surface area contributed by atoms with Crippen LogP contribution in [0, 0.1) is 5.92 Å². The highest BCUT2D eigenvalue weighted by molar-refractivity contribution is 4.82. The van der Waals surface area contributed by atoms with Crippen molar-refractivity contribution in [1.29, 1.82) is 0 Å². The molecule has 0 aromatic carbocycles. The van der Waals surface area contributed by atoms with Crippen LogP contribution in [0.1, 0.15) is 33.1 Å². The van der Waals surface area contributed by atoms with E-state index in [1.165, 1.54) is 6.42 Å². The summed E-state index contributed by atoms with van der Waals surface area (Å²) in [6.45, 7) is 7.30. The number of hydrogen-bond donors (Lipinski definition) is 2. The molecule has 0 aromatic rings. The van der Waals surface area contributed by atoms with E-state index in [1.54, 1.807) is 0 Å². The van der Waals surface area contributed by atoms with E-state index in [1.807, 2.05) is 6.92 Å². The lowest BCUT2D eigenvalue weighted by molar-refractivity contribution is 0.117. The summed E-state index contributed by atoms with van der Waals surface area (Å²) in [4.78, 5) is 2.43. The Labute approximate surface area is 87.3 Å². The number of piperidine rings is 1. The van der Waals surface area contributed by atoms with Crippen molar-refractivity contribution in [2.45, 2.75) is 45.3 Å². The molecule has 0 saturated carbocycles. The summed E-state index contributed by atoms with van der Waals surface area (Å²) in [5.74, 6) is 0.651. The molecule has 0 amide bonds. The van der Waals surface area contributed by atoms with Crippen LogP contribution >= 0.6 is 0 Å². The maximum Gasteiger partial charge on any atom is 0.0524 e. The minimum Gasteiger partial charge on any atom is -0.393 e. The lowest BCUT2D eigenvalue weighted by Gasteiger charge is -2.36. The van der Waals surface area contributed by atoms with Crippen molar-refractivity contribution in [3.63, 3.8) is 0 Å². The van der Waals surface area contributed by atoms with Crippen molar-refractivity contribution in [1.82, 2.24) is 4.90 Å². The SMILES string of the molecule is CCC1CN(CCC(C)O)CCC1N. The molecule has 1 heterocycles. The molecular formula is C11H24N2O. The Kier molecular flexibility index (Phi) is 4.85. The fraction of sp³-hybridized carbons (Fsp3) is 1.00. The van der Waals surface area contributed by atoms with Crippen molar-refractivity contribution >= 4 is 0 Å². The standard InChI is InChI=1S/C11H24N2O/c1-3-10-8-13(6-4-9(2)14)7-5-11(10)12/h9-11,14H,3-8,12H2,1-2H3. The van der Waals surface area contributed by atoms with Gasteiger partial charge in [-0.3, -0.25) is 0 Å². The van der Waals surface area contributed by atoms with Crippen LogP contribution in [0.25, 0.3) is 0 Å². The highest BCUT2D eigenvalue weighted by Crippen LogP contribution is 2.18. The van der Waals surface area contributed by atoms with E-state index in [0.29, 0.717) is 12.0 Å². The minimum absolute atomic E-state index is 0.175. The van der Waals surface area contributed by atoms with Crippen molar-refractivity contribution in [2.75, 3.05) is 19.6 Å². The van der Waals surface area contributed by atoms with Crippen LogP contribution < -0.4 is 5.73 Å². The molecular weight excluding hydrogens is 176 g/mol. The van der Waals surface area contributed by atoms with Crippen molar-refractivity contribution in [3.05, 3.63) is 0 Å². The van der Waals surface area contributed by atoms with Gasteiger partial charge < -0.3 is 15.7 Å². The zero-order valence-corrected chi connectivity index (χ0v) is 9.45. The second kappa shape index (κ2) is 5.69. The summed E-state index contributed by atoms with van der Waals surface area (Å²) in [6, 6.07) is 0.391. The van der Waals surface area contributed by atoms with Gasteiger partial charge in [0.2, 0.25) is 0 Å². The quantitative estimate of drug-likeness (QED) is 0.706. The average Bonchev–Trinajstić information content (AvgIpc) is 2.16. The molecule has 1 aliphatic rings. The number of nitrogens with two attached hydrogens (primary N) is 1. The molecule has 0 aromatic heterocycles. The average molecular weight is 200 g/mol. The number of nitrogens with zero attached hydrogens (tertiary/aromatic N) is 1. The van der Waals surface area contributed by atoms with Crippen LogP contribution in [0.5, 0.6) is 0 Å². The Morgan fingerprint density at radius 1 is 1.57 bits per heavy atom. The molecule has 3 N–H and O–H groups in total. The first kappa shape index (κ1) is 12.0. The Morgan fingerprint density at radius 2 is 2.29 bits per heavy atom. The second-order valence-electron chi connectivity index (χ2n) is 4.56. The molecule has 0 spiro atoms. The van der Waals surface area contributed by atoms with Gasteiger partial charge in [-0.25, -0.2) is 0 Å². The van der Waals surface area contributed by atoms with Gasteiger partial charge in [-0.15, -0.1) is 0 Å². The molecule has 1 rings (SSSR count). The topological polar surface area (TPSA) is 49.5 Å². The number of hydrogen-bond acceptors (Lipinski definition) is 3. The van der Waals surface area contributed by atoms with Gasteiger partial charge in [0.25, 0.3) is 0 Å². The summed E-state index contributed by atoms with van der Waals surface area (Å²) in [7, 11) is 0. The Bertz CT molecular complexity index is 161. The van der Waals surface area contributed by atoms with Crippen LogP contribution in [-0.4, -0.2) is 41.8 Å². The highest BCUT2D eigenvalue weighted by atomic mass is 16.3. The summed E-state index contributed by atoms with van der Waals surface area (Å²) < 4.78 is 0. The van der Waals surface area contributed by atoms with Crippen LogP contribution in [0.15, 0.2) is 0 Å². The van der Waals surface area contributed by atoms with Crippen molar-refractivity contribution < 1.29 is 5.11 Å². The third-order valence-electron chi connectivity index (χ3n) is 3.26. The molecule has 0 radical (unpaired) electrons. The number of likely N-dealkylation sites (tertiary alicyclic amines) is 1. The van der Waals surface area contributed by atoms with Gasteiger partial charge in [0.1, 0.15) is 0 Å². The maximum atomic E-state index is 9.21. The third kappa shape index (κ3) is 3.56. The molecule has 1 saturated heterocycles. The van der Waals surface area contributed by atoms with Crippen LogP contribution in [0.2, 0.25) is 0 Å². The van der Waals surface area contributed by atoms with Gasteiger partial charge in [-0.1, -0.05) is 13.3 Å². The normalized spacial score (nSPS) is 31.7. The fourth-order valence-corrected chi connectivity index (χ4v) is 2.13. The van der Waals surface area contributed by atoms with E-state index in [9.17, 15) is 5.11 Å². The smallest absolute Gasteiger partial charge is 0.0524 e. The van der Waals surface area contributed by atoms with Gasteiger partial charge in [-0.05, 0) is 32.2 Å². The summed E-state index contributed by atoms with van der Waals surface area (Å²) in [5, 5.41) is 9.21. The Hall–Kier alpha value is -0.120. The van der Waals surface area contributed by atoms with Crippen molar-refractivity contribution in [3.8, 4) is 0 Å². The van der Waals surface area contributed by atoms with E-state index in [4.69, 9.17) is 5.73 Å². The molecule has 84 valence electrons. The summed E-state index contributed by atoms with van der Waals surface area (Å²) in [6.07, 6.45) is 2.99. The first-order valence-corrected chi connectivity index (χ1v) is 5.79. The number of aliphatic hydroxyl groups excluding tert-OH is 1. The first-order valence-electron chi connectivity index (χ1n) is 5.79. The second-order valence-corrected chi connectivity index (χ2v) is 4.56. The minimum atomic E-state index is -0.175. The third-order valence-corrected chi connectivity index (χ3v) is 3.26. The van der Waals surface area contributed by atoms with Gasteiger partial charge >= 0.3 is 0 Å². The molecule has 1 aliphatic heterocycles. The van der Waals surface area contributed by atoms with Gasteiger partial charge in [0.05, 0.1) is 6.10 Å².